The number of nitrogens with two attached hydrogens (primary N) is 1. The van der Waals surface area contributed by atoms with E-state index in [9.17, 15) is 19.0 Å². The van der Waals surface area contributed by atoms with Gasteiger partial charge in [-0.05, 0) is 0 Å². The van der Waals surface area contributed by atoms with Crippen molar-refractivity contribution in [3.05, 3.63) is 18.0 Å². The van der Waals surface area contributed by atoms with Gasteiger partial charge in [0, 0.05) is 13.3 Å². The zero-order chi connectivity index (χ0) is 16.8. The number of imidazole rings is 1. The van der Waals surface area contributed by atoms with Crippen LogP contribution in [-0.2, 0) is 4.74 Å². The molecule has 1 aliphatic heterocycles. The molecule has 3 rings (SSSR count). The SMILES string of the molecule is CN=C[C@]1(CO)O[C@@H](c2cnc3c(N)nc(F)nn23)[C@H](F)[C@@H]1O. The number of aliphatic imine (C=N–C) groups is 1. The Morgan fingerprint density at radius 1 is 1.61 bits per heavy atom. The first kappa shape index (κ1) is 15.6. The van der Waals surface area contributed by atoms with Crippen molar-refractivity contribution >= 4 is 17.7 Å². The number of hydrogen-bond acceptors (Lipinski definition) is 8. The number of nitrogen functional groups attached to an aromatic ring is 1. The summed E-state index contributed by atoms with van der Waals surface area (Å²) in [5, 5.41) is 23.1. The normalized spacial score (nSPS) is 31.4. The minimum atomic E-state index is -1.92. The van der Waals surface area contributed by atoms with E-state index in [1.807, 2.05) is 0 Å². The van der Waals surface area contributed by atoms with Gasteiger partial charge < -0.3 is 20.7 Å². The smallest absolute Gasteiger partial charge is 0.328 e. The van der Waals surface area contributed by atoms with Crippen LogP contribution in [0.1, 0.15) is 11.8 Å². The van der Waals surface area contributed by atoms with Gasteiger partial charge in [0.1, 0.15) is 12.2 Å². The monoisotopic (exact) mass is 328 g/mol. The fourth-order valence-electron chi connectivity index (χ4n) is 2.61. The number of aromatic nitrogens is 4. The molecule has 4 N–H and O–H groups in total. The van der Waals surface area contributed by atoms with Crippen LogP contribution in [0.3, 0.4) is 0 Å². The summed E-state index contributed by atoms with van der Waals surface area (Å²) in [6.45, 7) is -0.690. The van der Waals surface area contributed by atoms with Crippen LogP contribution in [-0.4, -0.2) is 67.5 Å². The molecule has 0 saturated carbocycles. The third-order valence-corrected chi connectivity index (χ3v) is 3.71. The fourth-order valence-corrected chi connectivity index (χ4v) is 2.61. The number of ether oxygens (including phenoxy) is 1. The lowest BCUT2D eigenvalue weighted by Gasteiger charge is -2.24. The van der Waals surface area contributed by atoms with E-state index in [-0.39, 0.29) is 17.2 Å². The van der Waals surface area contributed by atoms with Crippen LogP contribution < -0.4 is 5.73 Å². The van der Waals surface area contributed by atoms with Gasteiger partial charge >= 0.3 is 6.08 Å². The molecule has 1 aliphatic rings. The maximum Gasteiger partial charge on any atom is 0.328 e. The van der Waals surface area contributed by atoms with Crippen LogP contribution in [0.15, 0.2) is 11.2 Å². The first-order chi connectivity index (χ1) is 10.9. The van der Waals surface area contributed by atoms with Crippen molar-refractivity contribution in [2.24, 2.45) is 4.99 Å². The number of halogens is 2. The van der Waals surface area contributed by atoms with Crippen LogP contribution >= 0.6 is 0 Å². The van der Waals surface area contributed by atoms with Crippen molar-refractivity contribution in [2.75, 3.05) is 19.4 Å². The molecular weight excluding hydrogens is 314 g/mol. The highest BCUT2D eigenvalue weighted by molar-refractivity contribution is 5.71. The Hall–Kier alpha value is -2.24. The van der Waals surface area contributed by atoms with Gasteiger partial charge in [-0.2, -0.15) is 9.37 Å². The third kappa shape index (κ3) is 2.24. The molecule has 0 bridgehead atoms. The second-order valence-electron chi connectivity index (χ2n) is 5.11. The number of anilines is 1. The first-order valence-electron chi connectivity index (χ1n) is 6.64. The molecule has 11 heteroatoms. The largest absolute Gasteiger partial charge is 0.393 e. The van der Waals surface area contributed by atoms with E-state index in [1.165, 1.54) is 13.2 Å². The number of nitrogens with zero attached hydrogens (tertiary/aromatic N) is 5. The van der Waals surface area contributed by atoms with Crippen molar-refractivity contribution < 1.29 is 23.7 Å². The maximum absolute atomic E-state index is 14.5. The van der Waals surface area contributed by atoms with Gasteiger partial charge in [0.05, 0.1) is 18.5 Å². The van der Waals surface area contributed by atoms with Gasteiger partial charge in [-0.25, -0.2) is 13.9 Å². The van der Waals surface area contributed by atoms with E-state index in [2.05, 4.69) is 20.1 Å². The Morgan fingerprint density at radius 2 is 2.35 bits per heavy atom. The molecule has 3 heterocycles. The van der Waals surface area contributed by atoms with Gasteiger partial charge in [-0.15, -0.1) is 5.10 Å². The minimum absolute atomic E-state index is 0.0253. The Labute approximate surface area is 128 Å². The predicted octanol–water partition coefficient (Wildman–Crippen LogP) is -0.952. The molecule has 1 saturated heterocycles. The van der Waals surface area contributed by atoms with Crippen molar-refractivity contribution in [2.45, 2.75) is 24.0 Å². The molecule has 9 nitrogen and oxygen atoms in total. The fraction of sp³-hybridized carbons (Fsp3) is 0.500. The van der Waals surface area contributed by atoms with Crippen LogP contribution in [0.2, 0.25) is 0 Å². The molecule has 2 aromatic heterocycles. The summed E-state index contributed by atoms with van der Waals surface area (Å²) in [6.07, 6.45) is -3.74. The van der Waals surface area contributed by atoms with Gasteiger partial charge in [0.2, 0.25) is 0 Å². The summed E-state index contributed by atoms with van der Waals surface area (Å²) in [6, 6.07) is 0. The lowest BCUT2D eigenvalue weighted by molar-refractivity contribution is -0.0628. The zero-order valence-corrected chi connectivity index (χ0v) is 12.0. The number of aliphatic hydroxyl groups is 2. The second kappa shape index (κ2) is 5.44. The highest BCUT2D eigenvalue weighted by Crippen LogP contribution is 2.41. The van der Waals surface area contributed by atoms with E-state index in [4.69, 9.17) is 10.5 Å². The lowest BCUT2D eigenvalue weighted by atomic mass is 9.97. The summed E-state index contributed by atoms with van der Waals surface area (Å²) in [7, 11) is 1.39. The average Bonchev–Trinajstić information content (AvgIpc) is 3.03. The summed E-state index contributed by atoms with van der Waals surface area (Å²) in [5.74, 6) is -0.221. The Morgan fingerprint density at radius 3 is 3.00 bits per heavy atom. The van der Waals surface area contributed by atoms with Gasteiger partial charge in [-0.3, -0.25) is 4.99 Å². The highest BCUT2D eigenvalue weighted by atomic mass is 19.1. The van der Waals surface area contributed by atoms with Crippen LogP contribution in [0, 0.1) is 6.08 Å². The molecule has 0 amide bonds. The van der Waals surface area contributed by atoms with Crippen LogP contribution in [0.4, 0.5) is 14.6 Å². The number of alkyl halides is 1. The average molecular weight is 328 g/mol. The lowest BCUT2D eigenvalue weighted by Crippen LogP contribution is -2.47. The number of aliphatic hydroxyl groups excluding tert-OH is 2. The standard InChI is InChI=1S/C12H14F2N6O3/c1-16-3-12(4-21)8(22)6(13)7(23-12)5-2-17-10-9(15)18-11(14)19-20(5)10/h2-3,6-8,21-22H,4H2,1H3,(H2,15,18,19)/t6-,7-,8-,12+/m0/s1. The van der Waals surface area contributed by atoms with Crippen molar-refractivity contribution in [1.29, 1.82) is 0 Å². The van der Waals surface area contributed by atoms with Crippen molar-refractivity contribution in [3.63, 3.8) is 0 Å². The number of fused-ring (bicyclic) bond motifs is 1. The Kier molecular flexibility index (Phi) is 3.70. The number of rotatable bonds is 3. The molecule has 0 aromatic carbocycles. The van der Waals surface area contributed by atoms with E-state index in [0.29, 0.717) is 0 Å². The number of hydrogen-bond donors (Lipinski definition) is 3. The summed E-state index contributed by atoms with van der Waals surface area (Å²) in [4.78, 5) is 10.9. The molecule has 0 radical (unpaired) electrons. The molecule has 23 heavy (non-hydrogen) atoms. The summed E-state index contributed by atoms with van der Waals surface area (Å²) in [5.41, 5.74) is 3.88. The molecule has 1 fully saturated rings. The minimum Gasteiger partial charge on any atom is -0.393 e. The van der Waals surface area contributed by atoms with Gasteiger partial charge in [-0.1, -0.05) is 0 Å². The van der Waals surface area contributed by atoms with Crippen LogP contribution in [0.5, 0.6) is 0 Å². The molecule has 124 valence electrons. The van der Waals surface area contributed by atoms with E-state index < -0.39 is 36.7 Å². The zero-order valence-electron chi connectivity index (χ0n) is 12.0. The van der Waals surface area contributed by atoms with Gasteiger partial charge in [0.25, 0.3) is 0 Å². The Bertz CT molecular complexity index is 769. The highest BCUT2D eigenvalue weighted by Gasteiger charge is 2.55. The van der Waals surface area contributed by atoms with Crippen molar-refractivity contribution in [1.82, 2.24) is 19.6 Å². The van der Waals surface area contributed by atoms with Crippen LogP contribution in [0.25, 0.3) is 5.65 Å². The Balaban J connectivity index is 2.09. The predicted molar refractivity (Wildman–Crippen MR) is 74.1 cm³/mol. The van der Waals surface area contributed by atoms with E-state index in [1.54, 1.807) is 0 Å². The second-order valence-corrected chi connectivity index (χ2v) is 5.11. The molecule has 4 atom stereocenters. The quantitative estimate of drug-likeness (QED) is 0.619. The molecule has 0 aliphatic carbocycles. The third-order valence-electron chi connectivity index (χ3n) is 3.71. The summed E-state index contributed by atoms with van der Waals surface area (Å²) >= 11 is 0. The van der Waals surface area contributed by atoms with E-state index >= 15 is 0 Å². The maximum atomic E-state index is 14.5. The molecule has 0 unspecified atom stereocenters. The first-order valence-corrected chi connectivity index (χ1v) is 6.64. The topological polar surface area (TPSA) is 131 Å². The summed E-state index contributed by atoms with van der Waals surface area (Å²) < 4.78 is 34.3. The molecule has 2 aromatic rings. The van der Waals surface area contributed by atoms with Gasteiger partial charge in [0.15, 0.2) is 23.2 Å². The molecular formula is C12H14F2N6O3. The van der Waals surface area contributed by atoms with E-state index in [0.717, 1.165) is 10.7 Å². The van der Waals surface area contributed by atoms with Crippen molar-refractivity contribution in [3.8, 4) is 0 Å². The molecule has 0 spiro atoms.